The van der Waals surface area contributed by atoms with Gasteiger partial charge in [0.2, 0.25) is 0 Å². The fourth-order valence-electron chi connectivity index (χ4n) is 1.50. The largest absolute Gasteiger partial charge is 0.334 e. The van der Waals surface area contributed by atoms with Gasteiger partial charge in [0.1, 0.15) is 12.2 Å². The normalized spacial score (nSPS) is 10.2. The Kier molecular flexibility index (Phi) is 3.13. The molecule has 2 rings (SSSR count). The van der Waals surface area contributed by atoms with E-state index in [1.54, 1.807) is 30.3 Å². The molecule has 0 atom stereocenters. The summed E-state index contributed by atoms with van der Waals surface area (Å²) in [6.07, 6.45) is 3.05. The number of aromatic amines is 1. The molecule has 0 fully saturated rings. The van der Waals surface area contributed by atoms with Crippen molar-refractivity contribution >= 4 is 5.91 Å². The van der Waals surface area contributed by atoms with Crippen molar-refractivity contribution in [1.82, 2.24) is 25.1 Å². The summed E-state index contributed by atoms with van der Waals surface area (Å²) >= 11 is 0. The molecule has 0 aromatic carbocycles. The molecule has 1 N–H and O–H groups in total. The number of pyridine rings is 1. The van der Waals surface area contributed by atoms with E-state index in [1.165, 1.54) is 6.33 Å². The van der Waals surface area contributed by atoms with E-state index in [2.05, 4.69) is 20.2 Å². The number of nitrogens with one attached hydrogen (secondary N) is 1. The summed E-state index contributed by atoms with van der Waals surface area (Å²) < 4.78 is 0. The van der Waals surface area contributed by atoms with Crippen LogP contribution in [0.15, 0.2) is 24.7 Å². The van der Waals surface area contributed by atoms with Crippen LogP contribution in [0.2, 0.25) is 0 Å². The van der Waals surface area contributed by atoms with Gasteiger partial charge in [-0.15, -0.1) is 0 Å². The molecule has 0 spiro atoms. The number of nitrogens with zero attached hydrogens (tertiary/aromatic N) is 4. The van der Waals surface area contributed by atoms with Gasteiger partial charge in [0.05, 0.1) is 6.54 Å². The van der Waals surface area contributed by atoms with Crippen molar-refractivity contribution in [2.75, 3.05) is 7.05 Å². The first-order valence-electron chi connectivity index (χ1n) is 5.19. The molecule has 0 saturated carbocycles. The molecular weight excluding hydrogens is 218 g/mol. The summed E-state index contributed by atoms with van der Waals surface area (Å²) in [4.78, 5) is 21.7. The molecule has 88 valence electrons. The highest BCUT2D eigenvalue weighted by Crippen LogP contribution is 2.06. The summed E-state index contributed by atoms with van der Waals surface area (Å²) in [6, 6.07) is 3.46. The van der Waals surface area contributed by atoms with Crippen molar-refractivity contribution in [3.05, 3.63) is 41.7 Å². The molecule has 0 aliphatic rings. The molecule has 17 heavy (non-hydrogen) atoms. The Morgan fingerprint density at radius 2 is 2.29 bits per heavy atom. The zero-order valence-corrected chi connectivity index (χ0v) is 9.71. The minimum atomic E-state index is -0.0631. The van der Waals surface area contributed by atoms with Gasteiger partial charge in [-0.3, -0.25) is 14.9 Å². The van der Waals surface area contributed by atoms with Gasteiger partial charge in [-0.25, -0.2) is 4.98 Å². The number of aryl methyl sites for hydroxylation is 1. The Morgan fingerprint density at radius 3 is 2.94 bits per heavy atom. The van der Waals surface area contributed by atoms with Crippen LogP contribution in [-0.4, -0.2) is 38.0 Å². The summed E-state index contributed by atoms with van der Waals surface area (Å²) in [5.74, 6) is 0.596. The lowest BCUT2D eigenvalue weighted by Gasteiger charge is -2.15. The topological polar surface area (TPSA) is 74.8 Å². The quantitative estimate of drug-likeness (QED) is 0.847. The highest BCUT2D eigenvalue weighted by Gasteiger charge is 2.13. The van der Waals surface area contributed by atoms with Gasteiger partial charge in [-0.1, -0.05) is 0 Å². The lowest BCUT2D eigenvalue weighted by Crippen LogP contribution is -2.26. The lowest BCUT2D eigenvalue weighted by atomic mass is 10.2. The Balaban J connectivity index is 2.09. The van der Waals surface area contributed by atoms with E-state index in [9.17, 15) is 4.79 Å². The standard InChI is InChI=1S/C11H13N5O/c1-8-5-9(3-4-12-8)11(17)16(2)6-10-13-7-14-15-10/h3-5,7H,6H2,1-2H3,(H,13,14,15). The molecule has 6 heteroatoms. The van der Waals surface area contributed by atoms with E-state index in [0.717, 1.165) is 5.69 Å². The average molecular weight is 231 g/mol. The number of hydrogen-bond acceptors (Lipinski definition) is 4. The number of hydrogen-bond donors (Lipinski definition) is 1. The molecule has 0 unspecified atom stereocenters. The molecule has 2 heterocycles. The van der Waals surface area contributed by atoms with Gasteiger partial charge in [-0.2, -0.15) is 5.10 Å². The Morgan fingerprint density at radius 1 is 1.47 bits per heavy atom. The van der Waals surface area contributed by atoms with Gasteiger partial charge >= 0.3 is 0 Å². The molecule has 6 nitrogen and oxygen atoms in total. The lowest BCUT2D eigenvalue weighted by molar-refractivity contribution is 0.0781. The van der Waals surface area contributed by atoms with Crippen molar-refractivity contribution in [2.45, 2.75) is 13.5 Å². The number of H-pyrrole nitrogens is 1. The summed E-state index contributed by atoms with van der Waals surface area (Å²) in [5.41, 5.74) is 1.45. The molecule has 0 aliphatic carbocycles. The van der Waals surface area contributed by atoms with Gasteiger partial charge in [-0.05, 0) is 19.1 Å². The first-order chi connectivity index (χ1) is 8.16. The average Bonchev–Trinajstić information content (AvgIpc) is 2.80. The predicted octanol–water partition coefficient (Wildman–Crippen LogP) is 0.780. The fourth-order valence-corrected chi connectivity index (χ4v) is 1.50. The number of carbonyl (C=O) groups excluding carboxylic acids is 1. The van der Waals surface area contributed by atoms with E-state index in [0.29, 0.717) is 17.9 Å². The number of rotatable bonds is 3. The Hall–Kier alpha value is -2.24. The highest BCUT2D eigenvalue weighted by molar-refractivity contribution is 5.93. The minimum Gasteiger partial charge on any atom is -0.334 e. The summed E-state index contributed by atoms with van der Waals surface area (Å²) in [5, 5.41) is 6.46. The molecule has 2 aromatic rings. The van der Waals surface area contributed by atoms with E-state index in [4.69, 9.17) is 0 Å². The van der Waals surface area contributed by atoms with Crippen molar-refractivity contribution in [3.63, 3.8) is 0 Å². The van der Waals surface area contributed by atoms with Crippen LogP contribution in [0.25, 0.3) is 0 Å². The zero-order valence-electron chi connectivity index (χ0n) is 9.71. The number of carbonyl (C=O) groups is 1. The maximum atomic E-state index is 12.1. The predicted molar refractivity (Wildman–Crippen MR) is 61.2 cm³/mol. The van der Waals surface area contributed by atoms with Crippen molar-refractivity contribution in [3.8, 4) is 0 Å². The van der Waals surface area contributed by atoms with Gasteiger partial charge < -0.3 is 4.90 Å². The molecule has 0 bridgehead atoms. The third-order valence-corrected chi connectivity index (χ3v) is 2.34. The van der Waals surface area contributed by atoms with E-state index in [1.807, 2.05) is 6.92 Å². The summed E-state index contributed by atoms with van der Waals surface area (Å²) in [6.45, 7) is 2.26. The molecular formula is C11H13N5O. The fraction of sp³-hybridized carbons (Fsp3) is 0.273. The third kappa shape index (κ3) is 2.66. The van der Waals surface area contributed by atoms with Crippen LogP contribution in [0.5, 0.6) is 0 Å². The molecule has 1 amide bonds. The van der Waals surface area contributed by atoms with E-state index in [-0.39, 0.29) is 5.91 Å². The third-order valence-electron chi connectivity index (χ3n) is 2.34. The van der Waals surface area contributed by atoms with Crippen LogP contribution in [0.1, 0.15) is 21.9 Å². The Labute approximate surface area is 98.7 Å². The first-order valence-corrected chi connectivity index (χ1v) is 5.19. The maximum Gasteiger partial charge on any atom is 0.254 e. The van der Waals surface area contributed by atoms with Gasteiger partial charge in [0, 0.05) is 24.5 Å². The van der Waals surface area contributed by atoms with Crippen LogP contribution >= 0.6 is 0 Å². The van der Waals surface area contributed by atoms with Crippen molar-refractivity contribution in [1.29, 1.82) is 0 Å². The van der Waals surface area contributed by atoms with E-state index >= 15 is 0 Å². The number of aromatic nitrogens is 4. The number of amides is 1. The molecule has 0 saturated heterocycles. The van der Waals surface area contributed by atoms with Crippen LogP contribution < -0.4 is 0 Å². The van der Waals surface area contributed by atoms with Gasteiger partial charge in [0.25, 0.3) is 5.91 Å². The van der Waals surface area contributed by atoms with Gasteiger partial charge in [0.15, 0.2) is 0 Å². The highest BCUT2D eigenvalue weighted by atomic mass is 16.2. The van der Waals surface area contributed by atoms with Crippen LogP contribution in [0.4, 0.5) is 0 Å². The first kappa shape index (κ1) is 11.3. The molecule has 0 aliphatic heterocycles. The monoisotopic (exact) mass is 231 g/mol. The van der Waals surface area contributed by atoms with Crippen LogP contribution in [0.3, 0.4) is 0 Å². The van der Waals surface area contributed by atoms with E-state index < -0.39 is 0 Å². The second kappa shape index (κ2) is 4.73. The zero-order chi connectivity index (χ0) is 12.3. The second-order valence-electron chi connectivity index (χ2n) is 3.78. The van der Waals surface area contributed by atoms with Crippen LogP contribution in [0, 0.1) is 6.92 Å². The molecule has 0 radical (unpaired) electrons. The Bertz CT molecular complexity index is 508. The van der Waals surface area contributed by atoms with Crippen LogP contribution in [-0.2, 0) is 6.54 Å². The SMILES string of the molecule is Cc1cc(C(=O)N(C)Cc2ncn[nH]2)ccn1. The van der Waals surface area contributed by atoms with Crippen molar-refractivity contribution in [2.24, 2.45) is 0 Å². The smallest absolute Gasteiger partial charge is 0.254 e. The minimum absolute atomic E-state index is 0.0631. The maximum absolute atomic E-state index is 12.1. The molecule has 2 aromatic heterocycles. The summed E-state index contributed by atoms with van der Waals surface area (Å²) in [7, 11) is 1.72. The van der Waals surface area contributed by atoms with Crippen molar-refractivity contribution < 1.29 is 4.79 Å². The second-order valence-corrected chi connectivity index (χ2v) is 3.78.